The summed E-state index contributed by atoms with van der Waals surface area (Å²) in [6, 6.07) is 4.66. The lowest BCUT2D eigenvalue weighted by molar-refractivity contribution is 0.426. The van der Waals surface area contributed by atoms with Gasteiger partial charge in [0.1, 0.15) is 0 Å². The molecule has 0 saturated heterocycles. The minimum absolute atomic E-state index is 0.163. The van der Waals surface area contributed by atoms with Crippen LogP contribution in [0.3, 0.4) is 0 Å². The van der Waals surface area contributed by atoms with Crippen molar-refractivity contribution in [1.82, 2.24) is 9.38 Å². The molecule has 19 heavy (non-hydrogen) atoms. The molecule has 0 spiro atoms. The van der Waals surface area contributed by atoms with E-state index >= 15 is 0 Å². The molecule has 0 N–H and O–H groups in total. The van der Waals surface area contributed by atoms with Crippen molar-refractivity contribution in [1.29, 1.82) is 0 Å². The smallest absolute Gasteiger partial charge is 0.243 e. The summed E-state index contributed by atoms with van der Waals surface area (Å²) in [5, 5.41) is 2.52. The highest BCUT2D eigenvalue weighted by molar-refractivity contribution is 9.10. The number of hydrogen-bond donors (Lipinski definition) is 0. The van der Waals surface area contributed by atoms with Gasteiger partial charge in [-0.3, -0.25) is 4.40 Å². The Morgan fingerprint density at radius 2 is 2.26 bits per heavy atom. The number of rotatable bonds is 3. The zero-order valence-electron chi connectivity index (χ0n) is 9.44. The van der Waals surface area contributed by atoms with E-state index in [0.717, 1.165) is 10.7 Å². The van der Waals surface area contributed by atoms with E-state index in [0.29, 0.717) is 15.7 Å². The van der Waals surface area contributed by atoms with Gasteiger partial charge in [-0.05, 0) is 18.2 Å². The maximum atomic E-state index is 13.8. The highest BCUT2D eigenvalue weighted by atomic mass is 79.9. The molecule has 0 aliphatic heterocycles. The molecule has 0 fully saturated rings. The van der Waals surface area contributed by atoms with Crippen LogP contribution in [0.1, 0.15) is 5.69 Å². The van der Waals surface area contributed by atoms with Gasteiger partial charge in [0.05, 0.1) is 5.69 Å². The summed E-state index contributed by atoms with van der Waals surface area (Å²) in [4.78, 5) is 5.17. The zero-order chi connectivity index (χ0) is 13.4. The van der Waals surface area contributed by atoms with E-state index in [9.17, 15) is 4.39 Å². The van der Waals surface area contributed by atoms with Gasteiger partial charge in [0.25, 0.3) is 0 Å². The van der Waals surface area contributed by atoms with Crippen LogP contribution in [0.5, 0.6) is 11.6 Å². The van der Waals surface area contributed by atoms with E-state index < -0.39 is 5.82 Å². The lowest BCUT2D eigenvalue weighted by Crippen LogP contribution is -1.93. The van der Waals surface area contributed by atoms with Crippen LogP contribution in [0.25, 0.3) is 4.96 Å². The largest absolute Gasteiger partial charge is 0.434 e. The molecule has 0 aliphatic carbocycles. The predicted octanol–water partition coefficient (Wildman–Crippen LogP) is 4.98. The minimum atomic E-state index is -0.425. The Morgan fingerprint density at radius 1 is 1.42 bits per heavy atom. The first-order chi connectivity index (χ1) is 9.19. The summed E-state index contributed by atoms with van der Waals surface area (Å²) in [6.45, 7) is 0. The van der Waals surface area contributed by atoms with E-state index in [2.05, 4.69) is 36.8 Å². The molecule has 3 nitrogen and oxygen atoms in total. The first-order valence-corrected chi connectivity index (χ1v) is 8.11. The summed E-state index contributed by atoms with van der Waals surface area (Å²) in [6.07, 6.45) is 1.91. The van der Waals surface area contributed by atoms with Gasteiger partial charge in [0.15, 0.2) is 16.5 Å². The minimum Gasteiger partial charge on any atom is -0.434 e. The van der Waals surface area contributed by atoms with Crippen LogP contribution < -0.4 is 4.74 Å². The molecule has 0 atom stereocenters. The Kier molecular flexibility index (Phi) is 3.60. The third-order valence-corrected chi connectivity index (χ3v) is 4.33. The fourth-order valence-electron chi connectivity index (χ4n) is 1.68. The maximum absolute atomic E-state index is 13.8. The molecule has 0 radical (unpaired) electrons. The van der Waals surface area contributed by atoms with Gasteiger partial charge in [-0.1, -0.05) is 31.9 Å². The fraction of sp³-hybridized carbons (Fsp3) is 0.0833. The molecule has 3 aromatic rings. The van der Waals surface area contributed by atoms with Gasteiger partial charge in [0.2, 0.25) is 5.88 Å². The zero-order valence-corrected chi connectivity index (χ0v) is 13.4. The number of fused-ring (bicyclic) bond motifs is 1. The molecule has 0 bridgehead atoms. The monoisotopic (exact) mass is 404 g/mol. The molecule has 2 heterocycles. The van der Waals surface area contributed by atoms with Crippen LogP contribution in [-0.2, 0) is 5.33 Å². The third kappa shape index (κ3) is 2.42. The number of nitrogens with zero attached hydrogens (tertiary/aromatic N) is 2. The number of thiazole rings is 1. The van der Waals surface area contributed by atoms with Crippen LogP contribution in [0.2, 0.25) is 0 Å². The molecule has 7 heteroatoms. The number of halogens is 3. The third-order valence-electron chi connectivity index (χ3n) is 2.55. The van der Waals surface area contributed by atoms with E-state index in [1.165, 1.54) is 17.4 Å². The van der Waals surface area contributed by atoms with Gasteiger partial charge < -0.3 is 4.74 Å². The molecule has 3 rings (SSSR count). The molecular weight excluding hydrogens is 399 g/mol. The molecule has 2 aromatic heterocycles. The predicted molar refractivity (Wildman–Crippen MR) is 79.9 cm³/mol. The van der Waals surface area contributed by atoms with Crippen molar-refractivity contribution in [3.05, 3.63) is 45.8 Å². The summed E-state index contributed by atoms with van der Waals surface area (Å²) in [5.41, 5.74) is 0.860. The fourth-order valence-corrected chi connectivity index (χ4v) is 3.25. The first-order valence-electron chi connectivity index (χ1n) is 5.32. The molecule has 98 valence electrons. The second-order valence-electron chi connectivity index (χ2n) is 3.73. The maximum Gasteiger partial charge on any atom is 0.243 e. The first kappa shape index (κ1) is 13.1. The summed E-state index contributed by atoms with van der Waals surface area (Å²) in [7, 11) is 0. The second-order valence-corrected chi connectivity index (χ2v) is 6.08. The number of hydrogen-bond acceptors (Lipinski definition) is 3. The average molecular weight is 406 g/mol. The summed E-state index contributed by atoms with van der Waals surface area (Å²) >= 11 is 8.11. The number of ether oxygens (including phenoxy) is 1. The van der Waals surface area contributed by atoms with Crippen molar-refractivity contribution in [3.8, 4) is 11.6 Å². The lowest BCUT2D eigenvalue weighted by atomic mass is 10.3. The van der Waals surface area contributed by atoms with Crippen molar-refractivity contribution in [2.75, 3.05) is 0 Å². The van der Waals surface area contributed by atoms with Crippen LogP contribution in [0.4, 0.5) is 4.39 Å². The molecule has 0 saturated carbocycles. The van der Waals surface area contributed by atoms with E-state index in [1.807, 2.05) is 16.0 Å². The normalized spacial score (nSPS) is 11.1. The van der Waals surface area contributed by atoms with Crippen LogP contribution in [-0.4, -0.2) is 9.38 Å². The highest BCUT2D eigenvalue weighted by Gasteiger charge is 2.15. The van der Waals surface area contributed by atoms with Crippen molar-refractivity contribution >= 4 is 48.2 Å². The van der Waals surface area contributed by atoms with Gasteiger partial charge in [-0.15, -0.1) is 11.3 Å². The average Bonchev–Trinajstić information content (AvgIpc) is 2.92. The van der Waals surface area contributed by atoms with E-state index in [1.54, 1.807) is 12.1 Å². The molecule has 0 amide bonds. The Balaban J connectivity index is 2.02. The van der Waals surface area contributed by atoms with E-state index in [4.69, 9.17) is 4.74 Å². The van der Waals surface area contributed by atoms with Gasteiger partial charge in [-0.25, -0.2) is 4.39 Å². The summed E-state index contributed by atoms with van der Waals surface area (Å²) < 4.78 is 21.9. The number of imidazole rings is 1. The lowest BCUT2D eigenvalue weighted by Gasteiger charge is -2.05. The van der Waals surface area contributed by atoms with Crippen molar-refractivity contribution < 1.29 is 9.13 Å². The Hall–Kier alpha value is -0.920. The Morgan fingerprint density at radius 3 is 3.00 bits per heavy atom. The van der Waals surface area contributed by atoms with Gasteiger partial charge >= 0.3 is 0 Å². The molecule has 1 aromatic carbocycles. The quantitative estimate of drug-likeness (QED) is 0.574. The number of alkyl halides is 1. The number of benzene rings is 1. The van der Waals surface area contributed by atoms with Crippen LogP contribution in [0, 0.1) is 5.82 Å². The van der Waals surface area contributed by atoms with Crippen molar-refractivity contribution in [3.63, 3.8) is 0 Å². The van der Waals surface area contributed by atoms with Gasteiger partial charge in [-0.2, -0.15) is 4.98 Å². The SMILES string of the molecule is Fc1cc(Br)ccc1Oc1nc2sccn2c1CBr. The van der Waals surface area contributed by atoms with Crippen LogP contribution in [0.15, 0.2) is 34.2 Å². The van der Waals surface area contributed by atoms with Gasteiger partial charge in [0, 0.05) is 21.4 Å². The Labute approximate surface area is 129 Å². The summed E-state index contributed by atoms with van der Waals surface area (Å²) in [5.74, 6) is 0.160. The highest BCUT2D eigenvalue weighted by Crippen LogP contribution is 2.31. The molecule has 0 aliphatic rings. The van der Waals surface area contributed by atoms with E-state index in [-0.39, 0.29) is 5.75 Å². The van der Waals surface area contributed by atoms with Crippen molar-refractivity contribution in [2.24, 2.45) is 0 Å². The number of aromatic nitrogens is 2. The topological polar surface area (TPSA) is 26.5 Å². The van der Waals surface area contributed by atoms with Crippen LogP contribution >= 0.6 is 43.2 Å². The van der Waals surface area contributed by atoms with Crippen molar-refractivity contribution in [2.45, 2.75) is 5.33 Å². The Bertz CT molecular complexity index is 740. The second kappa shape index (κ2) is 5.22. The molecular formula is C12H7Br2FN2OS. The molecule has 0 unspecified atom stereocenters. The standard InChI is InChI=1S/C12H7Br2FN2OS/c13-6-9-11(16-12-17(9)3-4-19-12)18-10-2-1-7(14)5-8(10)15/h1-5H,6H2.